The predicted octanol–water partition coefficient (Wildman–Crippen LogP) is 3.35. The number of aromatic nitrogens is 1. The van der Waals surface area contributed by atoms with Gasteiger partial charge in [0.05, 0.1) is 31.1 Å². The molecule has 0 spiro atoms. The minimum Gasteiger partial charge on any atom is -0.379 e. The van der Waals surface area contributed by atoms with Crippen molar-refractivity contribution < 1.29 is 18.3 Å². The van der Waals surface area contributed by atoms with Crippen molar-refractivity contribution in [1.82, 2.24) is 20.1 Å². The third-order valence-corrected chi connectivity index (χ3v) is 8.44. The van der Waals surface area contributed by atoms with E-state index in [0.717, 1.165) is 68.8 Å². The zero-order valence-electron chi connectivity index (χ0n) is 23.6. The van der Waals surface area contributed by atoms with Crippen molar-refractivity contribution in [1.29, 1.82) is 0 Å². The maximum absolute atomic E-state index is 14.3. The molecule has 3 aliphatic heterocycles. The minimum absolute atomic E-state index is 0.0626. The van der Waals surface area contributed by atoms with E-state index in [0.29, 0.717) is 30.7 Å². The number of carbonyl (C=O) groups excluding carboxylic acids is 1. The maximum Gasteiger partial charge on any atom is 0.241 e. The standard InChI is InChI=1S/C30H41F2N5O2/c1-20-16-36(25(15-33-20)7-8-35-9-10-39-18-21(35)2)17-28(38)37-19-30(3,4)29-27(37)12-22(14-34-29)11-23-5-6-24(31)13-26(23)32/h5-6,12-14,20-21,25,33H,7-11,15-19H2,1-4H3/t20-,21-,25+/m1/s1. The van der Waals surface area contributed by atoms with Gasteiger partial charge in [-0.25, -0.2) is 8.78 Å². The monoisotopic (exact) mass is 541 g/mol. The first kappa shape index (κ1) is 28.1. The summed E-state index contributed by atoms with van der Waals surface area (Å²) < 4.78 is 33.3. The van der Waals surface area contributed by atoms with Gasteiger partial charge in [-0.3, -0.25) is 19.6 Å². The molecule has 39 heavy (non-hydrogen) atoms. The second-order valence-electron chi connectivity index (χ2n) is 12.1. The van der Waals surface area contributed by atoms with Crippen molar-refractivity contribution >= 4 is 11.6 Å². The Hall–Kier alpha value is -2.46. The molecule has 0 radical (unpaired) electrons. The van der Waals surface area contributed by atoms with E-state index in [1.165, 1.54) is 12.1 Å². The number of nitrogens with one attached hydrogen (secondary N) is 1. The van der Waals surface area contributed by atoms with E-state index in [1.807, 2.05) is 11.0 Å². The Balaban J connectivity index is 1.30. The number of pyridine rings is 1. The van der Waals surface area contributed by atoms with Crippen LogP contribution in [0.5, 0.6) is 0 Å². The van der Waals surface area contributed by atoms with E-state index in [1.54, 1.807) is 6.20 Å². The molecule has 7 nitrogen and oxygen atoms in total. The summed E-state index contributed by atoms with van der Waals surface area (Å²) in [7, 11) is 0. The normalized spacial score (nSPS) is 25.6. The van der Waals surface area contributed by atoms with Crippen molar-refractivity contribution in [3.63, 3.8) is 0 Å². The number of fused-ring (bicyclic) bond motifs is 1. The van der Waals surface area contributed by atoms with Gasteiger partial charge in [-0.05, 0) is 43.5 Å². The molecule has 0 saturated carbocycles. The second-order valence-corrected chi connectivity index (χ2v) is 12.1. The smallest absolute Gasteiger partial charge is 0.241 e. The Bertz CT molecular complexity index is 1190. The molecule has 4 heterocycles. The highest BCUT2D eigenvalue weighted by molar-refractivity contribution is 5.97. The quantitative estimate of drug-likeness (QED) is 0.580. The van der Waals surface area contributed by atoms with Gasteiger partial charge in [-0.1, -0.05) is 19.9 Å². The van der Waals surface area contributed by atoms with Gasteiger partial charge >= 0.3 is 0 Å². The highest BCUT2D eigenvalue weighted by Gasteiger charge is 2.40. The van der Waals surface area contributed by atoms with Crippen LogP contribution in [0.3, 0.4) is 0 Å². The van der Waals surface area contributed by atoms with Crippen LogP contribution in [-0.4, -0.2) is 91.3 Å². The molecule has 1 aromatic carbocycles. The van der Waals surface area contributed by atoms with Crippen molar-refractivity contribution in [2.45, 2.75) is 64.1 Å². The number of morpholine rings is 1. The van der Waals surface area contributed by atoms with Crippen LogP contribution in [0.4, 0.5) is 14.5 Å². The summed E-state index contributed by atoms with van der Waals surface area (Å²) in [5, 5.41) is 3.60. The molecule has 212 valence electrons. The van der Waals surface area contributed by atoms with Crippen molar-refractivity contribution in [2.24, 2.45) is 0 Å². The Morgan fingerprint density at radius 3 is 2.79 bits per heavy atom. The average Bonchev–Trinajstić information content (AvgIpc) is 3.16. The fourth-order valence-electron chi connectivity index (χ4n) is 6.16. The molecule has 0 bridgehead atoms. The van der Waals surface area contributed by atoms with Crippen LogP contribution in [0.25, 0.3) is 0 Å². The number of rotatable bonds is 7. The first-order chi connectivity index (χ1) is 18.6. The summed E-state index contributed by atoms with van der Waals surface area (Å²) in [6.45, 7) is 14.7. The number of piperazine rings is 1. The first-order valence-electron chi connectivity index (χ1n) is 14.1. The molecule has 9 heteroatoms. The van der Waals surface area contributed by atoms with Crippen molar-refractivity contribution in [2.75, 3.05) is 57.4 Å². The lowest BCUT2D eigenvalue weighted by Gasteiger charge is -2.41. The van der Waals surface area contributed by atoms with Gasteiger partial charge in [0.2, 0.25) is 5.91 Å². The number of ether oxygens (including phenoxy) is 1. The Morgan fingerprint density at radius 2 is 2.03 bits per heavy atom. The van der Waals surface area contributed by atoms with Gasteiger partial charge in [0.25, 0.3) is 0 Å². The number of hydrogen-bond donors (Lipinski definition) is 1. The summed E-state index contributed by atoms with van der Waals surface area (Å²) in [5.41, 5.74) is 2.59. The molecule has 0 unspecified atom stereocenters. The molecule has 1 N–H and O–H groups in total. The highest BCUT2D eigenvalue weighted by Crippen LogP contribution is 2.40. The van der Waals surface area contributed by atoms with Crippen molar-refractivity contribution in [3.05, 3.63) is 58.9 Å². The van der Waals surface area contributed by atoms with Crippen LogP contribution in [0.15, 0.2) is 30.5 Å². The number of halogens is 2. The SMILES string of the molecule is C[C@@H]1CN(CC(=O)N2CC(C)(C)c3ncc(Cc4ccc(F)cc4F)cc32)[C@@H](CCN2CCOC[C@H]2C)CN1. The van der Waals surface area contributed by atoms with E-state index in [-0.39, 0.29) is 23.8 Å². The van der Waals surface area contributed by atoms with Gasteiger partial charge in [-0.2, -0.15) is 0 Å². The van der Waals surface area contributed by atoms with Crippen LogP contribution in [0.2, 0.25) is 0 Å². The number of nitrogens with zero attached hydrogens (tertiary/aromatic N) is 4. The third-order valence-electron chi connectivity index (χ3n) is 8.44. The molecule has 2 saturated heterocycles. The maximum atomic E-state index is 14.3. The van der Waals surface area contributed by atoms with E-state index < -0.39 is 11.6 Å². The van der Waals surface area contributed by atoms with Crippen molar-refractivity contribution in [3.8, 4) is 0 Å². The Labute approximate surface area is 230 Å². The minimum atomic E-state index is -0.596. The van der Waals surface area contributed by atoms with Gasteiger partial charge < -0.3 is 15.0 Å². The lowest BCUT2D eigenvalue weighted by atomic mass is 9.91. The fourth-order valence-corrected chi connectivity index (χ4v) is 6.16. The van der Waals surface area contributed by atoms with Crippen LogP contribution in [-0.2, 0) is 21.4 Å². The molecule has 3 aliphatic rings. The number of amides is 1. The number of hydrogen-bond acceptors (Lipinski definition) is 6. The summed E-state index contributed by atoms with van der Waals surface area (Å²) in [6.07, 6.45) is 3.03. The van der Waals surface area contributed by atoms with E-state index in [9.17, 15) is 13.6 Å². The number of anilines is 1. The van der Waals surface area contributed by atoms with Gasteiger partial charge in [0.15, 0.2) is 0 Å². The van der Waals surface area contributed by atoms with Crippen LogP contribution in [0, 0.1) is 11.6 Å². The second kappa shape index (κ2) is 11.6. The van der Waals surface area contributed by atoms with Gasteiger partial charge in [0.1, 0.15) is 11.6 Å². The lowest BCUT2D eigenvalue weighted by molar-refractivity contribution is -0.120. The third kappa shape index (κ3) is 6.32. The summed E-state index contributed by atoms with van der Waals surface area (Å²) in [4.78, 5) is 25.2. The molecule has 2 fully saturated rings. The molecule has 1 aromatic heterocycles. The fraction of sp³-hybridized carbons (Fsp3) is 0.600. The van der Waals surface area contributed by atoms with Gasteiger partial charge in [0, 0.05) is 74.9 Å². The largest absolute Gasteiger partial charge is 0.379 e. The summed E-state index contributed by atoms with van der Waals surface area (Å²) >= 11 is 0. The topological polar surface area (TPSA) is 60.9 Å². The Morgan fingerprint density at radius 1 is 1.21 bits per heavy atom. The highest BCUT2D eigenvalue weighted by atomic mass is 19.1. The zero-order valence-corrected chi connectivity index (χ0v) is 23.6. The predicted molar refractivity (Wildman–Crippen MR) is 148 cm³/mol. The first-order valence-corrected chi connectivity index (χ1v) is 14.1. The van der Waals surface area contributed by atoms with Crippen LogP contribution < -0.4 is 10.2 Å². The molecular weight excluding hydrogens is 500 g/mol. The molecule has 3 atom stereocenters. The zero-order chi connectivity index (χ0) is 27.7. The molecule has 2 aromatic rings. The van der Waals surface area contributed by atoms with Crippen LogP contribution in [0.1, 0.15) is 50.9 Å². The van der Waals surface area contributed by atoms with E-state index >= 15 is 0 Å². The summed E-state index contributed by atoms with van der Waals surface area (Å²) in [6, 6.07) is 6.60. The van der Waals surface area contributed by atoms with Crippen LogP contribution >= 0.6 is 0 Å². The molecule has 0 aliphatic carbocycles. The number of carbonyl (C=O) groups is 1. The van der Waals surface area contributed by atoms with E-state index in [4.69, 9.17) is 9.72 Å². The van der Waals surface area contributed by atoms with Gasteiger partial charge in [-0.15, -0.1) is 0 Å². The molecule has 1 amide bonds. The average molecular weight is 542 g/mol. The molecule has 5 rings (SSSR count). The summed E-state index contributed by atoms with van der Waals surface area (Å²) in [5.74, 6) is -1.11. The van der Waals surface area contributed by atoms with E-state index in [2.05, 4.69) is 42.8 Å². The lowest BCUT2D eigenvalue weighted by Crippen LogP contribution is -2.58. The Kier molecular flexibility index (Phi) is 8.33. The molecular formula is C30H41F2N5O2. The number of benzene rings is 1.